The van der Waals surface area contributed by atoms with Gasteiger partial charge in [0, 0.05) is 16.5 Å². The Bertz CT molecular complexity index is 503. The first-order valence-corrected chi connectivity index (χ1v) is 7.92. The fraction of sp³-hybridized carbons (Fsp3) is 0.588. The lowest BCUT2D eigenvalue weighted by atomic mass is 9.83. The molecule has 0 aliphatic heterocycles. The first kappa shape index (κ1) is 18.0. The van der Waals surface area contributed by atoms with Gasteiger partial charge in [-0.1, -0.05) is 27.7 Å². The molecule has 0 fully saturated rings. The molecule has 0 aromatic heterocycles. The molecule has 0 aliphatic rings. The van der Waals surface area contributed by atoms with E-state index < -0.39 is 0 Å². The molecule has 0 aliphatic carbocycles. The van der Waals surface area contributed by atoms with Gasteiger partial charge in [0.05, 0.1) is 14.2 Å². The van der Waals surface area contributed by atoms with Gasteiger partial charge in [-0.15, -0.1) is 0 Å². The average molecular weight is 357 g/mol. The third kappa shape index (κ3) is 5.34. The van der Waals surface area contributed by atoms with E-state index in [1.807, 2.05) is 0 Å². The summed E-state index contributed by atoms with van der Waals surface area (Å²) in [6.07, 6.45) is 1.55. The third-order valence-electron chi connectivity index (χ3n) is 3.27. The molecule has 118 valence electrons. The van der Waals surface area contributed by atoms with Gasteiger partial charge in [-0.25, -0.2) is 0 Å². The van der Waals surface area contributed by atoms with Gasteiger partial charge in [0.1, 0.15) is 0 Å². The Balaban J connectivity index is 2.92. The molecule has 0 bridgehead atoms. The van der Waals surface area contributed by atoms with Crippen molar-refractivity contribution in [2.45, 2.75) is 40.5 Å². The molecule has 1 unspecified atom stereocenters. The predicted octanol–water partition coefficient (Wildman–Crippen LogP) is 5.11. The number of carbonyl (C=O) groups is 1. The Morgan fingerprint density at radius 2 is 1.71 bits per heavy atom. The highest BCUT2D eigenvalue weighted by atomic mass is 79.9. The second-order valence-electron chi connectivity index (χ2n) is 6.68. The van der Waals surface area contributed by atoms with Crippen molar-refractivity contribution in [3.8, 4) is 11.5 Å². The molecule has 4 heteroatoms. The lowest BCUT2D eigenvalue weighted by molar-refractivity contribution is 0.0953. The van der Waals surface area contributed by atoms with Crippen molar-refractivity contribution in [3.05, 3.63) is 22.2 Å². The highest BCUT2D eigenvalue weighted by molar-refractivity contribution is 9.10. The molecule has 1 atom stereocenters. The second kappa shape index (κ2) is 7.30. The summed E-state index contributed by atoms with van der Waals surface area (Å²) in [5.41, 5.74) is 0.877. The predicted molar refractivity (Wildman–Crippen MR) is 89.4 cm³/mol. The topological polar surface area (TPSA) is 35.5 Å². The summed E-state index contributed by atoms with van der Waals surface area (Å²) in [6.45, 7) is 8.71. The van der Waals surface area contributed by atoms with Crippen LogP contribution in [-0.4, -0.2) is 20.0 Å². The third-order valence-corrected chi connectivity index (χ3v) is 3.92. The number of halogens is 1. The lowest BCUT2D eigenvalue weighted by Crippen LogP contribution is -2.14. The molecule has 1 aromatic carbocycles. The Kier molecular flexibility index (Phi) is 6.26. The zero-order valence-electron chi connectivity index (χ0n) is 13.7. The average Bonchev–Trinajstić information content (AvgIpc) is 2.35. The smallest absolute Gasteiger partial charge is 0.164 e. The van der Waals surface area contributed by atoms with E-state index in [0.717, 1.165) is 10.9 Å². The van der Waals surface area contributed by atoms with Crippen molar-refractivity contribution in [1.82, 2.24) is 0 Å². The summed E-state index contributed by atoms with van der Waals surface area (Å²) in [5, 5.41) is 0. The van der Waals surface area contributed by atoms with Crippen LogP contribution in [0.2, 0.25) is 0 Å². The highest BCUT2D eigenvalue weighted by Gasteiger charge is 2.21. The number of hydrogen-bond acceptors (Lipinski definition) is 3. The minimum atomic E-state index is 0.125. The number of ether oxygens (including phenoxy) is 2. The minimum Gasteiger partial charge on any atom is -0.493 e. The first-order chi connectivity index (χ1) is 9.67. The van der Waals surface area contributed by atoms with Crippen LogP contribution in [0.5, 0.6) is 11.5 Å². The van der Waals surface area contributed by atoms with Gasteiger partial charge in [-0.3, -0.25) is 4.79 Å². The van der Waals surface area contributed by atoms with Crippen molar-refractivity contribution >= 4 is 21.7 Å². The summed E-state index contributed by atoms with van der Waals surface area (Å²) < 4.78 is 11.2. The van der Waals surface area contributed by atoms with E-state index in [2.05, 4.69) is 43.6 Å². The summed E-state index contributed by atoms with van der Waals surface area (Å²) in [7, 11) is 3.15. The fourth-order valence-electron chi connectivity index (χ4n) is 2.61. The molecule has 0 heterocycles. The van der Waals surface area contributed by atoms with E-state index in [-0.39, 0.29) is 11.2 Å². The van der Waals surface area contributed by atoms with Crippen molar-refractivity contribution < 1.29 is 14.3 Å². The normalized spacial score (nSPS) is 12.9. The quantitative estimate of drug-likeness (QED) is 0.664. The Morgan fingerprint density at radius 3 is 2.19 bits per heavy atom. The van der Waals surface area contributed by atoms with Gasteiger partial charge in [-0.2, -0.15) is 0 Å². The number of benzene rings is 1. The van der Waals surface area contributed by atoms with E-state index in [0.29, 0.717) is 29.4 Å². The number of ketones is 1. The Morgan fingerprint density at radius 1 is 1.19 bits per heavy atom. The molecule has 0 saturated heterocycles. The van der Waals surface area contributed by atoms with E-state index in [1.54, 1.807) is 26.4 Å². The fourth-order valence-corrected chi connectivity index (χ4v) is 3.16. The van der Waals surface area contributed by atoms with Crippen LogP contribution in [0, 0.1) is 11.3 Å². The van der Waals surface area contributed by atoms with Crippen LogP contribution in [0.15, 0.2) is 16.6 Å². The van der Waals surface area contributed by atoms with Crippen LogP contribution in [0.4, 0.5) is 0 Å². The van der Waals surface area contributed by atoms with E-state index in [9.17, 15) is 4.79 Å². The maximum atomic E-state index is 12.5. The van der Waals surface area contributed by atoms with Crippen LogP contribution in [-0.2, 0) is 0 Å². The zero-order chi connectivity index (χ0) is 16.2. The van der Waals surface area contributed by atoms with E-state index >= 15 is 0 Å². The molecule has 0 radical (unpaired) electrons. The Hall–Kier alpha value is -1.03. The molecule has 1 rings (SSSR count). The lowest BCUT2D eigenvalue weighted by Gasteiger charge is -2.23. The molecule has 0 N–H and O–H groups in total. The molecule has 0 saturated carbocycles. The Labute approximate surface area is 136 Å². The highest BCUT2D eigenvalue weighted by Crippen LogP contribution is 2.35. The molecule has 1 aromatic rings. The second-order valence-corrected chi connectivity index (χ2v) is 7.54. The molecule has 0 amide bonds. The van der Waals surface area contributed by atoms with Gasteiger partial charge in [-0.05, 0) is 45.8 Å². The number of methoxy groups -OCH3 is 2. The zero-order valence-corrected chi connectivity index (χ0v) is 15.3. The van der Waals surface area contributed by atoms with Gasteiger partial charge in [0.15, 0.2) is 17.3 Å². The molecular formula is C17H25BrO3. The van der Waals surface area contributed by atoms with Crippen molar-refractivity contribution in [2.24, 2.45) is 11.3 Å². The van der Waals surface area contributed by atoms with Crippen LogP contribution in [0.25, 0.3) is 0 Å². The standard InChI is InChI=1S/C17H25BrO3/c1-11(10-17(2,3)4)7-14(19)12-8-15(20-5)16(21-6)9-13(12)18/h8-9,11H,7,10H2,1-6H3. The van der Waals surface area contributed by atoms with Crippen molar-refractivity contribution in [2.75, 3.05) is 14.2 Å². The SMILES string of the molecule is COc1cc(Br)c(C(=O)CC(C)CC(C)(C)C)cc1OC. The van der Waals surface area contributed by atoms with Crippen molar-refractivity contribution in [1.29, 1.82) is 0 Å². The maximum Gasteiger partial charge on any atom is 0.164 e. The maximum absolute atomic E-state index is 12.5. The minimum absolute atomic E-state index is 0.125. The van der Waals surface area contributed by atoms with Gasteiger partial charge in [0.25, 0.3) is 0 Å². The van der Waals surface area contributed by atoms with E-state index in [4.69, 9.17) is 9.47 Å². The van der Waals surface area contributed by atoms with E-state index in [1.165, 1.54) is 0 Å². The summed E-state index contributed by atoms with van der Waals surface area (Å²) in [6, 6.07) is 3.52. The summed E-state index contributed by atoms with van der Waals surface area (Å²) in [5.74, 6) is 1.66. The molecular weight excluding hydrogens is 332 g/mol. The molecule has 0 spiro atoms. The molecule has 3 nitrogen and oxygen atoms in total. The summed E-state index contributed by atoms with van der Waals surface area (Å²) in [4.78, 5) is 12.5. The van der Waals surface area contributed by atoms with Crippen LogP contribution >= 0.6 is 15.9 Å². The van der Waals surface area contributed by atoms with Crippen LogP contribution in [0.3, 0.4) is 0 Å². The number of carbonyl (C=O) groups excluding carboxylic acids is 1. The number of hydrogen-bond donors (Lipinski definition) is 0. The molecule has 21 heavy (non-hydrogen) atoms. The monoisotopic (exact) mass is 356 g/mol. The van der Waals surface area contributed by atoms with Gasteiger partial charge < -0.3 is 9.47 Å². The largest absolute Gasteiger partial charge is 0.493 e. The van der Waals surface area contributed by atoms with Gasteiger partial charge >= 0.3 is 0 Å². The number of rotatable bonds is 6. The number of Topliss-reactive ketones (excluding diaryl/α,β-unsaturated/α-hetero) is 1. The van der Waals surface area contributed by atoms with Gasteiger partial charge in [0.2, 0.25) is 0 Å². The van der Waals surface area contributed by atoms with Crippen LogP contribution in [0.1, 0.15) is 50.9 Å². The van der Waals surface area contributed by atoms with Crippen LogP contribution < -0.4 is 9.47 Å². The first-order valence-electron chi connectivity index (χ1n) is 7.12. The summed E-state index contributed by atoms with van der Waals surface area (Å²) >= 11 is 3.45. The van der Waals surface area contributed by atoms with Crippen molar-refractivity contribution in [3.63, 3.8) is 0 Å².